The summed E-state index contributed by atoms with van der Waals surface area (Å²) in [5, 5.41) is 9.08. The van der Waals surface area contributed by atoms with Crippen LogP contribution in [0.4, 0.5) is 0 Å². The molecule has 0 fully saturated rings. The van der Waals surface area contributed by atoms with Crippen LogP contribution in [0.3, 0.4) is 0 Å². The molecule has 2 heterocycles. The molecule has 1 N–H and O–H groups in total. The number of hydrogen-bond donors (Lipinski definition) is 1. The van der Waals surface area contributed by atoms with E-state index in [4.69, 9.17) is 5.11 Å². The van der Waals surface area contributed by atoms with Crippen LogP contribution < -0.4 is 0 Å². The number of aromatic nitrogens is 3. The quantitative estimate of drug-likeness (QED) is 0.789. The van der Waals surface area contributed by atoms with E-state index in [-0.39, 0.29) is 5.69 Å². The van der Waals surface area contributed by atoms with Gasteiger partial charge in [0.1, 0.15) is 0 Å². The zero-order valence-electron chi connectivity index (χ0n) is 9.62. The Bertz CT molecular complexity index is 782. The smallest absolute Gasteiger partial charge is 0.358 e. The summed E-state index contributed by atoms with van der Waals surface area (Å²) in [6, 6.07) is 7.67. The molecular weight excluding hydrogens is 310 g/mol. The number of nitrogens with zero attached hydrogens (tertiary/aromatic N) is 3. The minimum Gasteiger partial charge on any atom is -0.476 e. The van der Waals surface area contributed by atoms with Crippen molar-refractivity contribution in [1.82, 2.24) is 14.4 Å². The van der Waals surface area contributed by atoms with Crippen LogP contribution in [0, 0.1) is 0 Å². The molecule has 2 aromatic heterocycles. The summed E-state index contributed by atoms with van der Waals surface area (Å²) in [6.45, 7) is 0. The van der Waals surface area contributed by atoms with E-state index in [1.807, 2.05) is 24.3 Å². The van der Waals surface area contributed by atoms with E-state index in [0.29, 0.717) is 11.3 Å². The second-order valence-electron chi connectivity index (χ2n) is 3.95. The standard InChI is InChI=1S/C13H8BrN3O2/c14-9-3-1-2-8(6-9)10-7-17-5-4-15-11(13(18)19)12(17)16-10/h1-7H,(H,18,19). The van der Waals surface area contributed by atoms with Crippen LogP contribution in [0.1, 0.15) is 10.5 Å². The van der Waals surface area contributed by atoms with Gasteiger partial charge >= 0.3 is 5.97 Å². The number of aromatic carboxylic acids is 1. The monoisotopic (exact) mass is 317 g/mol. The number of benzene rings is 1. The van der Waals surface area contributed by atoms with Gasteiger partial charge in [0.2, 0.25) is 0 Å². The lowest BCUT2D eigenvalue weighted by molar-refractivity contribution is 0.0692. The fourth-order valence-electron chi connectivity index (χ4n) is 1.86. The van der Waals surface area contributed by atoms with Crippen molar-refractivity contribution in [2.75, 3.05) is 0 Å². The lowest BCUT2D eigenvalue weighted by Gasteiger charge is -1.96. The molecule has 6 heteroatoms. The van der Waals surface area contributed by atoms with E-state index < -0.39 is 5.97 Å². The molecule has 0 atom stereocenters. The average molecular weight is 318 g/mol. The number of imidazole rings is 1. The Morgan fingerprint density at radius 1 is 1.37 bits per heavy atom. The Labute approximate surface area is 116 Å². The first-order valence-corrected chi connectivity index (χ1v) is 6.27. The zero-order valence-corrected chi connectivity index (χ0v) is 11.2. The van der Waals surface area contributed by atoms with Crippen LogP contribution in [0.2, 0.25) is 0 Å². The van der Waals surface area contributed by atoms with Gasteiger partial charge in [-0.2, -0.15) is 0 Å². The Balaban J connectivity index is 2.22. The van der Waals surface area contributed by atoms with E-state index in [2.05, 4.69) is 25.9 Å². The number of carboxylic acid groups (broad SMARTS) is 1. The topological polar surface area (TPSA) is 67.5 Å². The van der Waals surface area contributed by atoms with Crippen molar-refractivity contribution in [3.8, 4) is 11.3 Å². The SMILES string of the molecule is O=C(O)c1nccn2cc(-c3cccc(Br)c3)nc12. The summed E-state index contributed by atoms with van der Waals surface area (Å²) in [4.78, 5) is 19.3. The first kappa shape index (κ1) is 11.9. The molecule has 5 nitrogen and oxygen atoms in total. The van der Waals surface area contributed by atoms with Crippen LogP contribution in [-0.2, 0) is 0 Å². The molecule has 0 bridgehead atoms. The molecule has 3 rings (SSSR count). The number of hydrogen-bond acceptors (Lipinski definition) is 3. The Morgan fingerprint density at radius 3 is 2.95 bits per heavy atom. The zero-order chi connectivity index (χ0) is 13.4. The molecule has 19 heavy (non-hydrogen) atoms. The van der Waals surface area contributed by atoms with Crippen molar-refractivity contribution in [2.24, 2.45) is 0 Å². The van der Waals surface area contributed by atoms with Gasteiger partial charge in [-0.15, -0.1) is 0 Å². The minimum atomic E-state index is -1.09. The van der Waals surface area contributed by atoms with Crippen LogP contribution in [0.15, 0.2) is 47.3 Å². The van der Waals surface area contributed by atoms with Crippen molar-refractivity contribution in [1.29, 1.82) is 0 Å². The van der Waals surface area contributed by atoms with E-state index in [1.54, 1.807) is 16.8 Å². The van der Waals surface area contributed by atoms with E-state index in [1.165, 1.54) is 6.20 Å². The number of halogens is 1. The van der Waals surface area contributed by atoms with Gasteiger partial charge in [-0.1, -0.05) is 28.1 Å². The number of rotatable bonds is 2. The van der Waals surface area contributed by atoms with Crippen molar-refractivity contribution in [3.05, 3.63) is 53.0 Å². The first-order chi connectivity index (χ1) is 9.15. The third-order valence-electron chi connectivity index (χ3n) is 2.70. The fourth-order valence-corrected chi connectivity index (χ4v) is 2.26. The second kappa shape index (κ2) is 4.47. The Morgan fingerprint density at radius 2 is 2.21 bits per heavy atom. The van der Waals surface area contributed by atoms with Crippen molar-refractivity contribution >= 4 is 27.5 Å². The van der Waals surface area contributed by atoms with E-state index in [9.17, 15) is 4.79 Å². The maximum atomic E-state index is 11.1. The summed E-state index contributed by atoms with van der Waals surface area (Å²) in [7, 11) is 0. The van der Waals surface area contributed by atoms with Crippen molar-refractivity contribution < 1.29 is 9.90 Å². The third kappa shape index (κ3) is 2.10. The molecule has 0 saturated heterocycles. The maximum absolute atomic E-state index is 11.1. The number of carbonyl (C=O) groups is 1. The highest BCUT2D eigenvalue weighted by molar-refractivity contribution is 9.10. The van der Waals surface area contributed by atoms with E-state index in [0.717, 1.165) is 10.0 Å². The largest absolute Gasteiger partial charge is 0.476 e. The number of carboxylic acids is 1. The lowest BCUT2D eigenvalue weighted by Crippen LogP contribution is -2.03. The fraction of sp³-hybridized carbons (Fsp3) is 0. The molecule has 0 aliphatic carbocycles. The molecule has 0 amide bonds. The van der Waals surface area contributed by atoms with E-state index >= 15 is 0 Å². The normalized spacial score (nSPS) is 10.8. The second-order valence-corrected chi connectivity index (χ2v) is 4.86. The summed E-state index contributed by atoms with van der Waals surface area (Å²) < 4.78 is 2.60. The Kier molecular flexibility index (Phi) is 2.79. The number of fused-ring (bicyclic) bond motifs is 1. The predicted molar refractivity (Wildman–Crippen MR) is 73.1 cm³/mol. The molecule has 0 aliphatic heterocycles. The summed E-state index contributed by atoms with van der Waals surface area (Å²) in [5.41, 5.74) is 1.90. The molecule has 0 aliphatic rings. The highest BCUT2D eigenvalue weighted by Gasteiger charge is 2.14. The predicted octanol–water partition coefficient (Wildman–Crippen LogP) is 2.86. The molecule has 1 aromatic carbocycles. The first-order valence-electron chi connectivity index (χ1n) is 5.48. The van der Waals surface area contributed by atoms with Gasteiger partial charge in [0.05, 0.1) is 5.69 Å². The van der Waals surface area contributed by atoms with Gasteiger partial charge in [-0.05, 0) is 12.1 Å². The van der Waals surface area contributed by atoms with Crippen molar-refractivity contribution in [3.63, 3.8) is 0 Å². The van der Waals surface area contributed by atoms with Gasteiger partial charge in [0, 0.05) is 28.6 Å². The van der Waals surface area contributed by atoms with Gasteiger partial charge < -0.3 is 9.51 Å². The van der Waals surface area contributed by atoms with Crippen LogP contribution in [0.25, 0.3) is 16.9 Å². The van der Waals surface area contributed by atoms with Crippen LogP contribution in [-0.4, -0.2) is 25.4 Å². The lowest BCUT2D eigenvalue weighted by atomic mass is 10.2. The minimum absolute atomic E-state index is 0.0521. The van der Waals surface area contributed by atoms with Gasteiger partial charge in [-0.3, -0.25) is 0 Å². The third-order valence-corrected chi connectivity index (χ3v) is 3.19. The maximum Gasteiger partial charge on any atom is 0.358 e. The van der Waals surface area contributed by atoms with Crippen LogP contribution >= 0.6 is 15.9 Å². The van der Waals surface area contributed by atoms with Crippen LogP contribution in [0.5, 0.6) is 0 Å². The molecule has 3 aromatic rings. The summed E-state index contributed by atoms with van der Waals surface area (Å²) in [5.74, 6) is -1.09. The summed E-state index contributed by atoms with van der Waals surface area (Å²) >= 11 is 3.40. The molecule has 0 saturated carbocycles. The Hall–Kier alpha value is -2.21. The molecular formula is C13H8BrN3O2. The highest BCUT2D eigenvalue weighted by Crippen LogP contribution is 2.23. The summed E-state index contributed by atoms with van der Waals surface area (Å²) in [6.07, 6.45) is 4.91. The molecule has 0 unspecified atom stereocenters. The van der Waals surface area contributed by atoms with Gasteiger partial charge in [0.25, 0.3) is 0 Å². The van der Waals surface area contributed by atoms with Crippen molar-refractivity contribution in [2.45, 2.75) is 0 Å². The van der Waals surface area contributed by atoms with Gasteiger partial charge in [0.15, 0.2) is 11.3 Å². The highest BCUT2D eigenvalue weighted by atomic mass is 79.9. The average Bonchev–Trinajstić information content (AvgIpc) is 2.82. The van der Waals surface area contributed by atoms with Gasteiger partial charge in [-0.25, -0.2) is 14.8 Å². The molecule has 94 valence electrons. The molecule has 0 spiro atoms. The molecule has 0 radical (unpaired) electrons.